The number of hydrogen-bond acceptors (Lipinski definition) is 4. The molecule has 5 nitrogen and oxygen atoms in total. The van der Waals surface area contributed by atoms with E-state index in [1.807, 2.05) is 50.2 Å². The van der Waals surface area contributed by atoms with Crippen molar-refractivity contribution in [3.63, 3.8) is 0 Å². The minimum atomic E-state index is -0.0236. The Morgan fingerprint density at radius 1 is 0.944 bits per heavy atom. The highest BCUT2D eigenvalue weighted by atomic mass is 16.5. The zero-order valence-corrected chi connectivity index (χ0v) is 21.7. The van der Waals surface area contributed by atoms with E-state index in [0.29, 0.717) is 5.92 Å². The summed E-state index contributed by atoms with van der Waals surface area (Å²) in [6, 6.07) is 26.7. The van der Waals surface area contributed by atoms with E-state index in [0.717, 1.165) is 56.1 Å². The van der Waals surface area contributed by atoms with Gasteiger partial charge in [0.15, 0.2) is 0 Å². The molecule has 0 saturated carbocycles. The first-order valence-electron chi connectivity index (χ1n) is 13.0. The van der Waals surface area contributed by atoms with Gasteiger partial charge in [-0.2, -0.15) is 0 Å². The van der Waals surface area contributed by atoms with Crippen molar-refractivity contribution in [1.29, 1.82) is 0 Å². The van der Waals surface area contributed by atoms with Gasteiger partial charge in [-0.05, 0) is 67.2 Å². The number of nitrogens with zero attached hydrogens (tertiary/aromatic N) is 1. The monoisotopic (exact) mass is 486 g/mol. The molecule has 1 heterocycles. The number of benzene rings is 3. The number of likely N-dealkylation sites (tertiary alicyclic amines) is 1. The van der Waals surface area contributed by atoms with E-state index in [1.54, 1.807) is 7.11 Å². The van der Waals surface area contributed by atoms with Crippen molar-refractivity contribution in [3.8, 4) is 11.5 Å². The number of amides is 1. The molecule has 1 atom stereocenters. The van der Waals surface area contributed by atoms with Gasteiger partial charge in [0, 0.05) is 30.6 Å². The van der Waals surface area contributed by atoms with Crippen molar-refractivity contribution in [2.45, 2.75) is 45.1 Å². The van der Waals surface area contributed by atoms with Gasteiger partial charge in [0.2, 0.25) is 5.91 Å². The van der Waals surface area contributed by atoms with E-state index < -0.39 is 0 Å². The lowest BCUT2D eigenvalue weighted by Crippen LogP contribution is -2.34. The van der Waals surface area contributed by atoms with Crippen LogP contribution < -0.4 is 14.8 Å². The third-order valence-corrected chi connectivity index (χ3v) is 6.94. The normalized spacial score (nSPS) is 15.4. The molecule has 1 aliphatic heterocycles. The van der Waals surface area contributed by atoms with Crippen LogP contribution in [-0.2, 0) is 4.79 Å². The van der Waals surface area contributed by atoms with Crippen molar-refractivity contribution in [3.05, 3.63) is 90.0 Å². The minimum absolute atomic E-state index is 0.0164. The Balaban J connectivity index is 1.34. The topological polar surface area (TPSA) is 50.8 Å². The average Bonchev–Trinajstić information content (AvgIpc) is 2.92. The first-order valence-corrected chi connectivity index (χ1v) is 13.0. The highest BCUT2D eigenvalue weighted by molar-refractivity contribution is 5.92. The Labute approximate surface area is 215 Å². The summed E-state index contributed by atoms with van der Waals surface area (Å²) in [6.07, 6.45) is 3.14. The smallest absolute Gasteiger partial charge is 0.226 e. The van der Waals surface area contributed by atoms with Crippen molar-refractivity contribution in [2.75, 3.05) is 32.1 Å². The second-order valence-corrected chi connectivity index (χ2v) is 9.87. The number of hydrogen-bond donors (Lipinski definition) is 1. The van der Waals surface area contributed by atoms with Crippen LogP contribution in [-0.4, -0.2) is 37.6 Å². The number of ether oxygens (including phenoxy) is 2. The molecule has 1 N–H and O–H groups in total. The second kappa shape index (κ2) is 12.6. The van der Waals surface area contributed by atoms with Crippen molar-refractivity contribution >= 4 is 11.6 Å². The van der Waals surface area contributed by atoms with Crippen LogP contribution >= 0.6 is 0 Å². The fraction of sp³-hybridized carbons (Fsp3) is 0.387. The Bertz CT molecular complexity index is 1110. The molecular weight excluding hydrogens is 448 g/mol. The first-order chi connectivity index (χ1) is 17.5. The summed E-state index contributed by atoms with van der Waals surface area (Å²) >= 11 is 0. The Kier molecular flexibility index (Phi) is 9.01. The number of piperidine rings is 1. The van der Waals surface area contributed by atoms with Gasteiger partial charge in [-0.25, -0.2) is 0 Å². The molecule has 0 unspecified atom stereocenters. The van der Waals surface area contributed by atoms with Crippen LogP contribution in [0.3, 0.4) is 0 Å². The van der Waals surface area contributed by atoms with Crippen LogP contribution in [0.2, 0.25) is 0 Å². The summed E-state index contributed by atoms with van der Waals surface area (Å²) < 4.78 is 11.8. The predicted octanol–water partition coefficient (Wildman–Crippen LogP) is 6.68. The van der Waals surface area contributed by atoms with Crippen LogP contribution in [0.1, 0.15) is 56.3 Å². The largest absolute Gasteiger partial charge is 0.497 e. The lowest BCUT2D eigenvalue weighted by atomic mass is 9.89. The zero-order chi connectivity index (χ0) is 25.3. The highest BCUT2D eigenvalue weighted by Crippen LogP contribution is 2.31. The highest BCUT2D eigenvalue weighted by Gasteiger charge is 2.23. The van der Waals surface area contributed by atoms with Gasteiger partial charge in [0.05, 0.1) is 7.11 Å². The standard InChI is InChI=1S/C31H38N2O3/c1-23(2)31(34)32-27-12-7-11-26(21-27)24-15-18-33(19-16-24)20-17-30(25-9-5-4-6-10-25)36-29-14-8-13-28(22-29)35-3/h4-14,21-24,30H,15-20H2,1-3H3,(H,32,34)/t30-/m0/s1. The average molecular weight is 487 g/mol. The van der Waals surface area contributed by atoms with Crippen LogP contribution in [0.25, 0.3) is 0 Å². The lowest BCUT2D eigenvalue weighted by molar-refractivity contribution is -0.118. The van der Waals surface area contributed by atoms with Crippen LogP contribution in [0, 0.1) is 5.92 Å². The molecule has 190 valence electrons. The van der Waals surface area contributed by atoms with Crippen LogP contribution in [0.15, 0.2) is 78.9 Å². The van der Waals surface area contributed by atoms with E-state index in [9.17, 15) is 4.79 Å². The summed E-state index contributed by atoms with van der Waals surface area (Å²) in [5.41, 5.74) is 3.41. The Hall–Kier alpha value is -3.31. The number of nitrogens with one attached hydrogen (secondary N) is 1. The molecule has 5 heteroatoms. The number of methoxy groups -OCH3 is 1. The van der Waals surface area contributed by atoms with E-state index in [2.05, 4.69) is 52.7 Å². The molecule has 1 amide bonds. The maximum atomic E-state index is 12.1. The van der Waals surface area contributed by atoms with Gasteiger partial charge < -0.3 is 19.7 Å². The number of carbonyl (C=O) groups is 1. The van der Waals surface area contributed by atoms with Crippen LogP contribution in [0.4, 0.5) is 5.69 Å². The molecule has 0 aliphatic carbocycles. The summed E-state index contributed by atoms with van der Waals surface area (Å²) in [7, 11) is 1.68. The second-order valence-electron chi connectivity index (χ2n) is 9.87. The van der Waals surface area contributed by atoms with Crippen molar-refractivity contribution in [2.24, 2.45) is 5.92 Å². The minimum Gasteiger partial charge on any atom is -0.497 e. The van der Waals surface area contributed by atoms with E-state index in [-0.39, 0.29) is 17.9 Å². The molecule has 1 aliphatic rings. The van der Waals surface area contributed by atoms with Crippen molar-refractivity contribution < 1.29 is 14.3 Å². The lowest BCUT2D eigenvalue weighted by Gasteiger charge is -2.33. The van der Waals surface area contributed by atoms with Gasteiger partial charge in [0.1, 0.15) is 17.6 Å². The maximum Gasteiger partial charge on any atom is 0.226 e. The predicted molar refractivity (Wildman–Crippen MR) is 146 cm³/mol. The van der Waals surface area contributed by atoms with Gasteiger partial charge >= 0.3 is 0 Å². The third-order valence-electron chi connectivity index (χ3n) is 6.94. The molecule has 3 aromatic rings. The zero-order valence-electron chi connectivity index (χ0n) is 21.7. The Morgan fingerprint density at radius 2 is 1.67 bits per heavy atom. The van der Waals surface area contributed by atoms with E-state index >= 15 is 0 Å². The molecule has 1 fully saturated rings. The molecule has 3 aromatic carbocycles. The first kappa shape index (κ1) is 25.8. The van der Waals surface area contributed by atoms with Crippen molar-refractivity contribution in [1.82, 2.24) is 4.90 Å². The van der Waals surface area contributed by atoms with Gasteiger partial charge in [-0.1, -0.05) is 62.4 Å². The number of rotatable bonds is 10. The van der Waals surface area contributed by atoms with Gasteiger partial charge in [-0.15, -0.1) is 0 Å². The number of carbonyl (C=O) groups excluding carboxylic acids is 1. The quantitative estimate of drug-likeness (QED) is 0.347. The summed E-state index contributed by atoms with van der Waals surface area (Å²) in [6.45, 7) is 6.95. The summed E-state index contributed by atoms with van der Waals surface area (Å²) in [4.78, 5) is 14.6. The Morgan fingerprint density at radius 3 is 2.39 bits per heavy atom. The van der Waals surface area contributed by atoms with E-state index in [4.69, 9.17) is 9.47 Å². The summed E-state index contributed by atoms with van der Waals surface area (Å²) in [5.74, 6) is 2.19. The molecule has 4 rings (SSSR count). The van der Waals surface area contributed by atoms with Gasteiger partial charge in [-0.3, -0.25) is 4.79 Å². The van der Waals surface area contributed by atoms with Gasteiger partial charge in [0.25, 0.3) is 0 Å². The van der Waals surface area contributed by atoms with Crippen LogP contribution in [0.5, 0.6) is 11.5 Å². The molecule has 0 spiro atoms. The fourth-order valence-corrected chi connectivity index (χ4v) is 4.75. The third kappa shape index (κ3) is 7.11. The molecule has 36 heavy (non-hydrogen) atoms. The molecule has 1 saturated heterocycles. The number of anilines is 1. The molecular formula is C31H38N2O3. The molecule has 0 aromatic heterocycles. The van der Waals surface area contributed by atoms with E-state index in [1.165, 1.54) is 11.1 Å². The molecule has 0 radical (unpaired) electrons. The SMILES string of the molecule is COc1cccc(O[C@@H](CCN2CCC(c3cccc(NC(=O)C(C)C)c3)CC2)c2ccccc2)c1. The molecule has 0 bridgehead atoms. The maximum absolute atomic E-state index is 12.1. The summed E-state index contributed by atoms with van der Waals surface area (Å²) in [5, 5.41) is 3.03. The fourth-order valence-electron chi connectivity index (χ4n) is 4.75.